The zero-order valence-electron chi connectivity index (χ0n) is 16.4. The number of amides is 1. The van der Waals surface area contributed by atoms with Crippen molar-refractivity contribution in [2.75, 3.05) is 6.54 Å². The van der Waals surface area contributed by atoms with Crippen LogP contribution in [0.1, 0.15) is 57.2 Å². The molecule has 0 bridgehead atoms. The molecule has 1 amide bonds. The molecule has 5 heteroatoms. The van der Waals surface area contributed by atoms with Crippen molar-refractivity contribution in [3.63, 3.8) is 0 Å². The normalized spacial score (nSPS) is 17.6. The number of piperidine rings is 1. The molecule has 0 aliphatic carbocycles. The first-order valence-electron chi connectivity index (χ1n) is 9.55. The molecule has 1 fully saturated rings. The van der Waals surface area contributed by atoms with Crippen LogP contribution in [-0.4, -0.2) is 27.3 Å². The van der Waals surface area contributed by atoms with Gasteiger partial charge in [-0.2, -0.15) is 0 Å². The van der Waals surface area contributed by atoms with Crippen LogP contribution in [0.2, 0.25) is 0 Å². The standard InChI is InChI=1S/C22H28N2O2S/c1-22(2,3)27-20-18(12-9-14-23-20)19-13-7-8-15-24(19)21(25)26-16-17-10-5-4-6-11-17/h4-6,9-12,14,19H,7-8,13,15-16H2,1-3H3. The summed E-state index contributed by atoms with van der Waals surface area (Å²) in [5.41, 5.74) is 2.14. The number of thioether (sulfide) groups is 1. The molecule has 1 aromatic heterocycles. The predicted molar refractivity (Wildman–Crippen MR) is 110 cm³/mol. The molecule has 0 N–H and O–H groups in total. The minimum absolute atomic E-state index is 0.0283. The van der Waals surface area contributed by atoms with E-state index in [1.54, 1.807) is 11.8 Å². The topological polar surface area (TPSA) is 42.4 Å². The van der Waals surface area contributed by atoms with Gasteiger partial charge in [0, 0.05) is 23.1 Å². The highest BCUT2D eigenvalue weighted by Crippen LogP contribution is 2.39. The number of hydrogen-bond donors (Lipinski definition) is 0. The first-order chi connectivity index (χ1) is 12.9. The second-order valence-corrected chi connectivity index (χ2v) is 9.67. The molecule has 1 aliphatic rings. The van der Waals surface area contributed by atoms with Crippen LogP contribution >= 0.6 is 11.8 Å². The Bertz CT molecular complexity index is 758. The zero-order valence-corrected chi connectivity index (χ0v) is 17.2. The minimum atomic E-state index is -0.237. The third kappa shape index (κ3) is 5.48. The summed E-state index contributed by atoms with van der Waals surface area (Å²) in [7, 11) is 0. The first kappa shape index (κ1) is 19.7. The fourth-order valence-corrected chi connectivity index (χ4v) is 4.32. The van der Waals surface area contributed by atoms with Crippen LogP contribution in [0.15, 0.2) is 53.7 Å². The maximum atomic E-state index is 12.8. The molecule has 144 valence electrons. The summed E-state index contributed by atoms with van der Waals surface area (Å²) in [5.74, 6) is 0. The lowest BCUT2D eigenvalue weighted by molar-refractivity contribution is 0.0672. The predicted octanol–water partition coefficient (Wildman–Crippen LogP) is 5.84. The largest absolute Gasteiger partial charge is 0.445 e. The number of hydrogen-bond acceptors (Lipinski definition) is 4. The zero-order chi connectivity index (χ0) is 19.3. The fraction of sp³-hybridized carbons (Fsp3) is 0.455. The Hall–Kier alpha value is -2.01. The van der Waals surface area contributed by atoms with E-state index in [-0.39, 0.29) is 16.9 Å². The lowest BCUT2D eigenvalue weighted by Crippen LogP contribution is -2.39. The van der Waals surface area contributed by atoms with Gasteiger partial charge in [-0.3, -0.25) is 0 Å². The Labute approximate surface area is 166 Å². The second-order valence-electron chi connectivity index (χ2n) is 7.86. The quantitative estimate of drug-likeness (QED) is 0.621. The van der Waals surface area contributed by atoms with E-state index in [1.807, 2.05) is 47.5 Å². The van der Waals surface area contributed by atoms with E-state index in [0.29, 0.717) is 6.61 Å². The van der Waals surface area contributed by atoms with E-state index >= 15 is 0 Å². The van der Waals surface area contributed by atoms with Gasteiger partial charge in [-0.15, -0.1) is 11.8 Å². The molecule has 2 aromatic rings. The summed E-state index contributed by atoms with van der Waals surface area (Å²) in [6, 6.07) is 13.9. The van der Waals surface area contributed by atoms with Crippen LogP contribution < -0.4 is 0 Å². The molecule has 1 aliphatic heterocycles. The number of benzene rings is 1. The average molecular weight is 385 g/mol. The Balaban J connectivity index is 1.76. The molecule has 3 rings (SSSR count). The van der Waals surface area contributed by atoms with Crippen molar-refractivity contribution in [3.8, 4) is 0 Å². The van der Waals surface area contributed by atoms with Gasteiger partial charge in [-0.1, -0.05) is 57.2 Å². The molecular formula is C22H28N2O2S. The molecule has 1 atom stereocenters. The second kappa shape index (κ2) is 8.79. The van der Waals surface area contributed by atoms with E-state index in [0.717, 1.165) is 42.0 Å². The third-order valence-electron chi connectivity index (χ3n) is 4.50. The van der Waals surface area contributed by atoms with Gasteiger partial charge in [0.05, 0.1) is 6.04 Å². The maximum Gasteiger partial charge on any atom is 0.410 e. The maximum absolute atomic E-state index is 12.8. The highest BCUT2D eigenvalue weighted by Gasteiger charge is 2.31. The number of carbonyl (C=O) groups excluding carboxylic acids is 1. The van der Waals surface area contributed by atoms with Crippen LogP contribution in [0, 0.1) is 0 Å². The molecular weight excluding hydrogens is 356 g/mol. The van der Waals surface area contributed by atoms with Crippen molar-refractivity contribution in [1.82, 2.24) is 9.88 Å². The molecule has 4 nitrogen and oxygen atoms in total. The average Bonchev–Trinajstić information content (AvgIpc) is 2.66. The lowest BCUT2D eigenvalue weighted by atomic mass is 9.97. The Morgan fingerprint density at radius 2 is 1.96 bits per heavy atom. The molecule has 0 radical (unpaired) electrons. The minimum Gasteiger partial charge on any atom is -0.445 e. The number of rotatable bonds is 4. The van der Waals surface area contributed by atoms with Gasteiger partial charge in [0.2, 0.25) is 0 Å². The number of likely N-dealkylation sites (tertiary alicyclic amines) is 1. The summed E-state index contributed by atoms with van der Waals surface area (Å²) >= 11 is 1.76. The molecule has 27 heavy (non-hydrogen) atoms. The smallest absolute Gasteiger partial charge is 0.410 e. The van der Waals surface area contributed by atoms with Crippen molar-refractivity contribution in [2.45, 2.75) is 62.5 Å². The summed E-state index contributed by atoms with van der Waals surface area (Å²) < 4.78 is 5.69. The van der Waals surface area contributed by atoms with E-state index < -0.39 is 0 Å². The Kier molecular flexibility index (Phi) is 6.42. The Morgan fingerprint density at radius 1 is 1.19 bits per heavy atom. The monoisotopic (exact) mass is 384 g/mol. The summed E-state index contributed by atoms with van der Waals surface area (Å²) in [4.78, 5) is 19.3. The summed E-state index contributed by atoms with van der Waals surface area (Å²) in [6.07, 6.45) is 4.67. The molecule has 0 spiro atoms. The number of ether oxygens (including phenoxy) is 1. The molecule has 1 unspecified atom stereocenters. The summed E-state index contributed by atoms with van der Waals surface area (Å²) in [5, 5.41) is 1.01. The van der Waals surface area contributed by atoms with E-state index in [9.17, 15) is 4.79 Å². The van der Waals surface area contributed by atoms with Crippen LogP contribution in [0.3, 0.4) is 0 Å². The van der Waals surface area contributed by atoms with Gasteiger partial charge >= 0.3 is 6.09 Å². The van der Waals surface area contributed by atoms with Gasteiger partial charge in [-0.25, -0.2) is 9.78 Å². The number of carbonyl (C=O) groups is 1. The van der Waals surface area contributed by atoms with Crippen LogP contribution in [0.25, 0.3) is 0 Å². The van der Waals surface area contributed by atoms with E-state index in [1.165, 1.54) is 0 Å². The fourth-order valence-electron chi connectivity index (χ4n) is 3.31. The van der Waals surface area contributed by atoms with E-state index in [4.69, 9.17) is 4.74 Å². The number of nitrogens with zero attached hydrogens (tertiary/aromatic N) is 2. The van der Waals surface area contributed by atoms with Gasteiger partial charge in [0.1, 0.15) is 11.6 Å². The molecule has 1 saturated heterocycles. The van der Waals surface area contributed by atoms with Crippen LogP contribution in [0.5, 0.6) is 0 Å². The van der Waals surface area contributed by atoms with Crippen LogP contribution in [-0.2, 0) is 11.3 Å². The van der Waals surface area contributed by atoms with Gasteiger partial charge in [-0.05, 0) is 30.9 Å². The molecule has 1 aromatic carbocycles. The number of aromatic nitrogens is 1. The molecule has 2 heterocycles. The highest BCUT2D eigenvalue weighted by molar-refractivity contribution is 8.00. The van der Waals surface area contributed by atoms with Gasteiger partial charge in [0.25, 0.3) is 0 Å². The van der Waals surface area contributed by atoms with Crippen molar-refractivity contribution in [3.05, 3.63) is 59.8 Å². The van der Waals surface area contributed by atoms with Crippen molar-refractivity contribution in [1.29, 1.82) is 0 Å². The summed E-state index contributed by atoms with van der Waals surface area (Å²) in [6.45, 7) is 7.58. The van der Waals surface area contributed by atoms with E-state index in [2.05, 4.69) is 31.8 Å². The van der Waals surface area contributed by atoms with Crippen molar-refractivity contribution >= 4 is 17.9 Å². The SMILES string of the molecule is CC(C)(C)Sc1ncccc1C1CCCCN1C(=O)OCc1ccccc1. The molecule has 0 saturated carbocycles. The lowest BCUT2D eigenvalue weighted by Gasteiger charge is -2.36. The first-order valence-corrected chi connectivity index (χ1v) is 10.4. The third-order valence-corrected chi connectivity index (χ3v) is 5.65. The van der Waals surface area contributed by atoms with Crippen LogP contribution in [0.4, 0.5) is 4.79 Å². The Morgan fingerprint density at radius 3 is 2.70 bits per heavy atom. The van der Waals surface area contributed by atoms with Crippen molar-refractivity contribution in [2.24, 2.45) is 0 Å². The number of pyridine rings is 1. The van der Waals surface area contributed by atoms with Gasteiger partial charge in [0.15, 0.2) is 0 Å². The highest BCUT2D eigenvalue weighted by atomic mass is 32.2. The van der Waals surface area contributed by atoms with Gasteiger partial charge < -0.3 is 9.64 Å². The van der Waals surface area contributed by atoms with Crippen molar-refractivity contribution < 1.29 is 9.53 Å².